The van der Waals surface area contributed by atoms with Crippen LogP contribution in [0.25, 0.3) is 11.0 Å². The Morgan fingerprint density at radius 1 is 1.09 bits per heavy atom. The third-order valence-corrected chi connectivity index (χ3v) is 5.12. The van der Waals surface area contributed by atoms with Crippen LogP contribution in [0.4, 0.5) is 5.69 Å². The van der Waals surface area contributed by atoms with Crippen molar-refractivity contribution in [1.29, 1.82) is 0 Å². The van der Waals surface area contributed by atoms with Gasteiger partial charge < -0.3 is 20.4 Å². The molecule has 0 atom stereocenters. The molecule has 0 radical (unpaired) electrons. The van der Waals surface area contributed by atoms with Gasteiger partial charge in [0.05, 0.1) is 6.54 Å². The molecule has 0 unspecified atom stereocenters. The molecule has 0 fully saturated rings. The minimum atomic E-state index is -0.127. The molecule has 0 aliphatic rings. The van der Waals surface area contributed by atoms with Crippen LogP contribution in [0.1, 0.15) is 16.9 Å². The molecular formula is C24H26N6O2. The normalized spacial score (nSPS) is 11.5. The Hall–Kier alpha value is -4.07. The number of guanidine groups is 1. The summed E-state index contributed by atoms with van der Waals surface area (Å²) in [5.41, 5.74) is 3.77. The van der Waals surface area contributed by atoms with Gasteiger partial charge in [0.25, 0.3) is 0 Å². The number of nitrogens with zero attached hydrogens (tertiary/aromatic N) is 3. The fourth-order valence-corrected chi connectivity index (χ4v) is 3.46. The molecule has 0 aliphatic heterocycles. The van der Waals surface area contributed by atoms with E-state index in [2.05, 4.69) is 39.0 Å². The number of hydrogen-bond acceptors (Lipinski definition) is 4. The fraction of sp³-hybridized carbons (Fsp3) is 0.208. The van der Waals surface area contributed by atoms with Crippen molar-refractivity contribution in [3.8, 4) is 0 Å². The minimum Gasteiger partial charge on any atom is -0.459 e. The number of fused-ring (bicyclic) bond motifs is 1. The van der Waals surface area contributed by atoms with Crippen molar-refractivity contribution in [1.82, 2.24) is 20.4 Å². The molecular weight excluding hydrogens is 404 g/mol. The molecule has 164 valence electrons. The van der Waals surface area contributed by atoms with Crippen molar-refractivity contribution in [3.63, 3.8) is 0 Å². The van der Waals surface area contributed by atoms with E-state index in [9.17, 15) is 4.79 Å². The lowest BCUT2D eigenvalue weighted by atomic mass is 10.1. The number of amides is 1. The van der Waals surface area contributed by atoms with Gasteiger partial charge in [0.2, 0.25) is 5.91 Å². The molecule has 0 aliphatic carbocycles. The lowest BCUT2D eigenvalue weighted by Gasteiger charge is -2.12. The summed E-state index contributed by atoms with van der Waals surface area (Å²) in [6.45, 7) is 3.32. The molecule has 0 saturated carbocycles. The van der Waals surface area contributed by atoms with Crippen molar-refractivity contribution in [2.75, 3.05) is 12.4 Å². The van der Waals surface area contributed by atoms with Crippen LogP contribution in [0.3, 0.4) is 0 Å². The van der Waals surface area contributed by atoms with Crippen LogP contribution < -0.4 is 16.0 Å². The second kappa shape index (κ2) is 9.82. The van der Waals surface area contributed by atoms with Crippen LogP contribution in [0.15, 0.2) is 76.4 Å². The van der Waals surface area contributed by atoms with Gasteiger partial charge in [0.15, 0.2) is 5.96 Å². The third kappa shape index (κ3) is 5.15. The number of aryl methyl sites for hydroxylation is 1. The molecule has 2 aromatic carbocycles. The number of aliphatic imine (C=N–C) groups is 1. The van der Waals surface area contributed by atoms with Gasteiger partial charge in [-0.3, -0.25) is 14.5 Å². The lowest BCUT2D eigenvalue weighted by Crippen LogP contribution is -2.36. The van der Waals surface area contributed by atoms with Crippen molar-refractivity contribution >= 4 is 28.5 Å². The first-order chi connectivity index (χ1) is 15.6. The summed E-state index contributed by atoms with van der Waals surface area (Å²) in [7, 11) is 1.73. The Morgan fingerprint density at radius 3 is 2.72 bits per heavy atom. The topological polar surface area (TPSA) is 96.5 Å². The maximum Gasteiger partial charge on any atom is 0.246 e. The predicted molar refractivity (Wildman–Crippen MR) is 125 cm³/mol. The van der Waals surface area contributed by atoms with Crippen molar-refractivity contribution in [3.05, 3.63) is 83.9 Å². The number of para-hydroxylation sites is 1. The van der Waals surface area contributed by atoms with Crippen LogP contribution in [-0.2, 0) is 24.4 Å². The van der Waals surface area contributed by atoms with Crippen LogP contribution >= 0.6 is 0 Å². The highest BCUT2D eigenvalue weighted by Gasteiger charge is 2.10. The van der Waals surface area contributed by atoms with Gasteiger partial charge in [-0.05, 0) is 36.8 Å². The van der Waals surface area contributed by atoms with Gasteiger partial charge in [-0.2, -0.15) is 5.10 Å². The summed E-state index contributed by atoms with van der Waals surface area (Å²) in [6.07, 6.45) is 3.40. The molecule has 2 heterocycles. The monoisotopic (exact) mass is 430 g/mol. The SMILES string of the molecule is CN=C(NCc1cccc(NC(=O)Cn2cccn2)c1)NCc1oc2ccccc2c1C. The number of anilines is 1. The summed E-state index contributed by atoms with van der Waals surface area (Å²) < 4.78 is 7.54. The molecule has 4 rings (SSSR count). The lowest BCUT2D eigenvalue weighted by molar-refractivity contribution is -0.116. The average molecular weight is 431 g/mol. The highest BCUT2D eigenvalue weighted by atomic mass is 16.3. The van der Waals surface area contributed by atoms with E-state index in [0.29, 0.717) is 19.0 Å². The van der Waals surface area contributed by atoms with E-state index in [1.54, 1.807) is 30.2 Å². The second-order valence-corrected chi connectivity index (χ2v) is 7.38. The van der Waals surface area contributed by atoms with E-state index in [1.165, 1.54) is 0 Å². The van der Waals surface area contributed by atoms with Gasteiger partial charge in [-0.15, -0.1) is 0 Å². The molecule has 2 aromatic heterocycles. The predicted octanol–water partition coefficient (Wildman–Crippen LogP) is 3.44. The summed E-state index contributed by atoms with van der Waals surface area (Å²) in [6, 6.07) is 17.5. The molecule has 3 N–H and O–H groups in total. The minimum absolute atomic E-state index is 0.127. The molecule has 1 amide bonds. The zero-order valence-electron chi connectivity index (χ0n) is 18.1. The van der Waals surface area contributed by atoms with E-state index >= 15 is 0 Å². The number of benzene rings is 2. The number of carbonyl (C=O) groups excluding carboxylic acids is 1. The Morgan fingerprint density at radius 2 is 1.94 bits per heavy atom. The highest BCUT2D eigenvalue weighted by Crippen LogP contribution is 2.24. The maximum atomic E-state index is 12.2. The first-order valence-electron chi connectivity index (χ1n) is 10.4. The molecule has 0 bridgehead atoms. The second-order valence-electron chi connectivity index (χ2n) is 7.38. The summed E-state index contributed by atoms with van der Waals surface area (Å²) >= 11 is 0. The largest absolute Gasteiger partial charge is 0.459 e. The van der Waals surface area contributed by atoms with Gasteiger partial charge in [-0.25, -0.2) is 0 Å². The fourth-order valence-electron chi connectivity index (χ4n) is 3.46. The first kappa shape index (κ1) is 21.2. The van der Waals surface area contributed by atoms with E-state index in [1.807, 2.05) is 42.5 Å². The molecule has 0 saturated heterocycles. The van der Waals surface area contributed by atoms with Crippen molar-refractivity contribution in [2.45, 2.75) is 26.6 Å². The number of aromatic nitrogens is 2. The number of nitrogens with one attached hydrogen (secondary N) is 3. The molecule has 4 aromatic rings. The Labute approximate surface area is 186 Å². The quantitative estimate of drug-likeness (QED) is 0.308. The Bertz CT molecular complexity index is 1230. The van der Waals surface area contributed by atoms with E-state index in [-0.39, 0.29) is 12.5 Å². The van der Waals surface area contributed by atoms with E-state index in [4.69, 9.17) is 4.42 Å². The van der Waals surface area contributed by atoms with Gasteiger partial charge in [0.1, 0.15) is 17.9 Å². The van der Waals surface area contributed by atoms with Crippen molar-refractivity contribution < 1.29 is 9.21 Å². The van der Waals surface area contributed by atoms with Gasteiger partial charge >= 0.3 is 0 Å². The number of carbonyl (C=O) groups is 1. The van der Waals surface area contributed by atoms with Gasteiger partial charge in [0, 0.05) is 42.6 Å². The van der Waals surface area contributed by atoms with Crippen LogP contribution in [0, 0.1) is 6.92 Å². The van der Waals surface area contributed by atoms with Crippen LogP contribution in [-0.4, -0.2) is 28.7 Å². The zero-order valence-corrected chi connectivity index (χ0v) is 18.1. The number of rotatable bonds is 7. The highest BCUT2D eigenvalue weighted by molar-refractivity contribution is 5.90. The number of hydrogen-bond donors (Lipinski definition) is 3. The Balaban J connectivity index is 1.31. The Kier molecular flexibility index (Phi) is 6.50. The number of furan rings is 1. The molecule has 8 heteroatoms. The molecule has 32 heavy (non-hydrogen) atoms. The molecule has 8 nitrogen and oxygen atoms in total. The summed E-state index contributed by atoms with van der Waals surface area (Å²) in [4.78, 5) is 16.5. The standard InChI is InChI=1S/C24H26N6O2/c1-17-20-9-3-4-10-21(20)32-22(17)15-27-24(25-2)26-14-18-7-5-8-19(13-18)29-23(31)16-30-12-6-11-28-30/h3-13H,14-16H2,1-2H3,(H,29,31)(H2,25,26,27). The van der Waals surface area contributed by atoms with Crippen LogP contribution in [0.5, 0.6) is 0 Å². The summed E-state index contributed by atoms with van der Waals surface area (Å²) in [5.74, 6) is 1.42. The van der Waals surface area contributed by atoms with Gasteiger partial charge in [-0.1, -0.05) is 30.3 Å². The third-order valence-electron chi connectivity index (χ3n) is 5.12. The van der Waals surface area contributed by atoms with E-state index < -0.39 is 0 Å². The summed E-state index contributed by atoms with van der Waals surface area (Å²) in [5, 5.41) is 14.7. The zero-order chi connectivity index (χ0) is 22.3. The maximum absolute atomic E-state index is 12.2. The first-order valence-corrected chi connectivity index (χ1v) is 10.4. The smallest absolute Gasteiger partial charge is 0.246 e. The van der Waals surface area contributed by atoms with E-state index in [0.717, 1.165) is 33.5 Å². The molecule has 0 spiro atoms. The van der Waals surface area contributed by atoms with Crippen LogP contribution in [0.2, 0.25) is 0 Å². The van der Waals surface area contributed by atoms with Crippen molar-refractivity contribution in [2.24, 2.45) is 4.99 Å². The average Bonchev–Trinajstić information content (AvgIpc) is 3.42.